The second kappa shape index (κ2) is 5.34. The van der Waals surface area contributed by atoms with Crippen LogP contribution in [0.4, 0.5) is 0 Å². The molecule has 0 aromatic carbocycles. The van der Waals surface area contributed by atoms with Gasteiger partial charge in [-0.2, -0.15) is 0 Å². The van der Waals surface area contributed by atoms with Gasteiger partial charge >= 0.3 is 0 Å². The van der Waals surface area contributed by atoms with E-state index in [1.54, 1.807) is 14.2 Å². The largest absolute Gasteiger partial charge is 0.496 e. The maximum absolute atomic E-state index is 9.68. The van der Waals surface area contributed by atoms with E-state index in [0.717, 1.165) is 0 Å². The van der Waals surface area contributed by atoms with Crippen molar-refractivity contribution < 1.29 is 19.3 Å². The zero-order valence-electron chi connectivity index (χ0n) is 8.68. The average molecular weight is 202 g/mol. The molecular weight excluding hydrogens is 184 g/mol. The van der Waals surface area contributed by atoms with Crippen LogP contribution in [0.25, 0.3) is 0 Å². The highest BCUT2D eigenvalue weighted by Gasteiger charge is 2.37. The smallest absolute Gasteiger partial charge is 0.126 e. The summed E-state index contributed by atoms with van der Waals surface area (Å²) in [7, 11) is 3.23. The number of hydrogen-bond donors (Lipinski definition) is 1. The predicted octanol–water partition coefficient (Wildman–Crippen LogP) is 0.700. The van der Waals surface area contributed by atoms with Crippen LogP contribution in [0.15, 0.2) is 12.8 Å². The summed E-state index contributed by atoms with van der Waals surface area (Å²) < 4.78 is 15.7. The van der Waals surface area contributed by atoms with Gasteiger partial charge in [-0.05, 0) is 0 Å². The number of hydrogen-bond acceptors (Lipinski definition) is 4. The Morgan fingerprint density at radius 3 is 2.29 bits per heavy atom. The zero-order valence-corrected chi connectivity index (χ0v) is 8.68. The molecule has 0 aromatic heterocycles. The molecule has 0 amide bonds. The molecule has 4 atom stereocenters. The Labute approximate surface area is 84.5 Å². The maximum atomic E-state index is 9.68. The van der Waals surface area contributed by atoms with Gasteiger partial charge in [0.15, 0.2) is 0 Å². The molecule has 4 unspecified atom stereocenters. The molecule has 4 nitrogen and oxygen atoms in total. The molecule has 14 heavy (non-hydrogen) atoms. The van der Waals surface area contributed by atoms with Crippen LogP contribution in [-0.2, 0) is 14.2 Å². The Morgan fingerprint density at radius 2 is 1.79 bits per heavy atom. The van der Waals surface area contributed by atoms with E-state index in [4.69, 9.17) is 14.2 Å². The first-order valence-corrected chi connectivity index (χ1v) is 4.73. The van der Waals surface area contributed by atoms with Crippen molar-refractivity contribution in [3.63, 3.8) is 0 Å². The van der Waals surface area contributed by atoms with Crippen LogP contribution in [0.5, 0.6) is 0 Å². The van der Waals surface area contributed by atoms with Crippen molar-refractivity contribution in [3.05, 3.63) is 12.8 Å². The monoisotopic (exact) mass is 202 g/mol. The van der Waals surface area contributed by atoms with E-state index >= 15 is 0 Å². The van der Waals surface area contributed by atoms with Gasteiger partial charge < -0.3 is 19.3 Å². The van der Waals surface area contributed by atoms with Crippen LogP contribution in [0, 0.1) is 0 Å². The van der Waals surface area contributed by atoms with Crippen LogP contribution in [0.1, 0.15) is 12.8 Å². The van der Waals surface area contributed by atoms with Crippen molar-refractivity contribution in [1.29, 1.82) is 0 Å². The Balaban J connectivity index is 2.57. The van der Waals surface area contributed by atoms with Gasteiger partial charge in [-0.3, -0.25) is 0 Å². The number of methoxy groups -OCH3 is 2. The van der Waals surface area contributed by atoms with E-state index in [1.165, 1.54) is 6.26 Å². The Morgan fingerprint density at radius 1 is 1.14 bits per heavy atom. The lowest BCUT2D eigenvalue weighted by Crippen LogP contribution is -2.47. The SMILES string of the molecule is C=COC1CC(O)C(OC)CC1OC. The fourth-order valence-corrected chi connectivity index (χ4v) is 1.85. The van der Waals surface area contributed by atoms with Crippen LogP contribution >= 0.6 is 0 Å². The lowest BCUT2D eigenvalue weighted by molar-refractivity contribution is -0.131. The van der Waals surface area contributed by atoms with Gasteiger partial charge in [0.2, 0.25) is 0 Å². The number of rotatable bonds is 4. The van der Waals surface area contributed by atoms with Crippen molar-refractivity contribution in [3.8, 4) is 0 Å². The molecule has 4 heteroatoms. The molecule has 1 fully saturated rings. The molecule has 0 spiro atoms. The average Bonchev–Trinajstić information content (AvgIpc) is 2.19. The molecule has 1 N–H and O–H groups in total. The van der Waals surface area contributed by atoms with Gasteiger partial charge in [0, 0.05) is 27.1 Å². The highest BCUT2D eigenvalue weighted by atomic mass is 16.5. The van der Waals surface area contributed by atoms with Crippen LogP contribution in [0.3, 0.4) is 0 Å². The molecule has 0 radical (unpaired) electrons. The summed E-state index contributed by atoms with van der Waals surface area (Å²) in [4.78, 5) is 0. The summed E-state index contributed by atoms with van der Waals surface area (Å²) in [5.41, 5.74) is 0. The summed E-state index contributed by atoms with van der Waals surface area (Å²) >= 11 is 0. The molecule has 0 saturated heterocycles. The molecule has 0 bridgehead atoms. The van der Waals surface area contributed by atoms with E-state index in [9.17, 15) is 5.11 Å². The van der Waals surface area contributed by atoms with Gasteiger partial charge in [-0.1, -0.05) is 6.58 Å². The van der Waals surface area contributed by atoms with Gasteiger partial charge in [0.05, 0.1) is 24.6 Å². The van der Waals surface area contributed by atoms with Crippen molar-refractivity contribution in [1.82, 2.24) is 0 Å². The maximum Gasteiger partial charge on any atom is 0.126 e. The van der Waals surface area contributed by atoms with E-state index in [-0.39, 0.29) is 18.3 Å². The van der Waals surface area contributed by atoms with E-state index < -0.39 is 6.10 Å². The highest BCUT2D eigenvalue weighted by Crippen LogP contribution is 2.26. The van der Waals surface area contributed by atoms with Crippen molar-refractivity contribution in [2.45, 2.75) is 37.3 Å². The highest BCUT2D eigenvalue weighted by molar-refractivity contribution is 4.88. The van der Waals surface area contributed by atoms with Gasteiger partial charge in [0.25, 0.3) is 0 Å². The number of aliphatic hydroxyl groups is 1. The fourth-order valence-electron chi connectivity index (χ4n) is 1.85. The lowest BCUT2D eigenvalue weighted by Gasteiger charge is -2.36. The molecule has 1 rings (SSSR count). The third-order valence-electron chi connectivity index (χ3n) is 2.66. The van der Waals surface area contributed by atoms with Gasteiger partial charge in [-0.25, -0.2) is 0 Å². The van der Waals surface area contributed by atoms with Gasteiger partial charge in [-0.15, -0.1) is 0 Å². The molecule has 0 heterocycles. The minimum Gasteiger partial charge on any atom is -0.496 e. The molecular formula is C10H18O4. The number of aliphatic hydroxyl groups excluding tert-OH is 1. The third-order valence-corrected chi connectivity index (χ3v) is 2.66. The Bertz CT molecular complexity index is 183. The molecule has 0 aromatic rings. The topological polar surface area (TPSA) is 47.9 Å². The standard InChI is InChI=1S/C10H18O4/c1-4-14-10-5-7(11)8(12-2)6-9(10)13-3/h4,7-11H,1,5-6H2,2-3H3. The Kier molecular flexibility index (Phi) is 4.38. The molecule has 1 aliphatic carbocycles. The summed E-state index contributed by atoms with van der Waals surface area (Å²) in [6, 6.07) is 0. The summed E-state index contributed by atoms with van der Waals surface area (Å²) in [5.74, 6) is 0. The number of ether oxygens (including phenoxy) is 3. The molecule has 1 aliphatic rings. The van der Waals surface area contributed by atoms with Crippen LogP contribution < -0.4 is 0 Å². The van der Waals surface area contributed by atoms with E-state index in [2.05, 4.69) is 6.58 Å². The predicted molar refractivity (Wildman–Crippen MR) is 51.9 cm³/mol. The molecule has 1 saturated carbocycles. The summed E-state index contributed by atoms with van der Waals surface area (Å²) in [6.45, 7) is 3.50. The second-order valence-electron chi connectivity index (χ2n) is 3.43. The van der Waals surface area contributed by atoms with Crippen molar-refractivity contribution >= 4 is 0 Å². The van der Waals surface area contributed by atoms with Crippen molar-refractivity contribution in [2.75, 3.05) is 14.2 Å². The zero-order chi connectivity index (χ0) is 10.6. The fraction of sp³-hybridized carbons (Fsp3) is 0.800. The quantitative estimate of drug-likeness (QED) is 0.682. The van der Waals surface area contributed by atoms with E-state index in [1.807, 2.05) is 0 Å². The first kappa shape index (κ1) is 11.5. The minimum atomic E-state index is -0.489. The normalized spacial score (nSPS) is 37.9. The lowest BCUT2D eigenvalue weighted by atomic mass is 9.89. The third kappa shape index (κ3) is 2.47. The first-order valence-electron chi connectivity index (χ1n) is 4.73. The minimum absolute atomic E-state index is 0.0404. The second-order valence-corrected chi connectivity index (χ2v) is 3.43. The summed E-state index contributed by atoms with van der Waals surface area (Å²) in [6.07, 6.45) is 1.73. The first-order chi connectivity index (χ1) is 6.72. The van der Waals surface area contributed by atoms with Gasteiger partial charge in [0.1, 0.15) is 6.10 Å². The molecule has 82 valence electrons. The van der Waals surface area contributed by atoms with Crippen molar-refractivity contribution in [2.24, 2.45) is 0 Å². The summed E-state index contributed by atoms with van der Waals surface area (Å²) in [5, 5.41) is 9.68. The van der Waals surface area contributed by atoms with Crippen LogP contribution in [0.2, 0.25) is 0 Å². The van der Waals surface area contributed by atoms with E-state index in [0.29, 0.717) is 12.8 Å². The Hall–Kier alpha value is -0.580. The van der Waals surface area contributed by atoms with Crippen LogP contribution in [-0.4, -0.2) is 43.7 Å². The molecule has 0 aliphatic heterocycles.